The van der Waals surface area contributed by atoms with Crippen molar-refractivity contribution in [2.24, 2.45) is 0 Å². The van der Waals surface area contributed by atoms with Crippen LogP contribution in [0.4, 0.5) is 10.5 Å². The molecular weight excluding hydrogens is 292 g/mol. The molecule has 2 heterocycles. The van der Waals surface area contributed by atoms with Crippen molar-refractivity contribution >= 4 is 17.6 Å². The molecule has 0 bridgehead atoms. The number of benzene rings is 1. The molecule has 1 aromatic heterocycles. The van der Waals surface area contributed by atoms with Crippen LogP contribution in [0.3, 0.4) is 0 Å². The minimum absolute atomic E-state index is 0.0220. The SMILES string of the molecule is O=C(NCc1cccnc1)N[C@@H]1CC(=O)N(c2ccccc2)C1. The van der Waals surface area contributed by atoms with Crippen LogP contribution in [0.2, 0.25) is 0 Å². The van der Waals surface area contributed by atoms with Crippen LogP contribution < -0.4 is 15.5 Å². The van der Waals surface area contributed by atoms with Gasteiger partial charge in [-0.3, -0.25) is 9.78 Å². The van der Waals surface area contributed by atoms with Crippen LogP contribution in [0, 0.1) is 0 Å². The van der Waals surface area contributed by atoms with Gasteiger partial charge in [0.1, 0.15) is 0 Å². The fourth-order valence-electron chi connectivity index (χ4n) is 2.58. The van der Waals surface area contributed by atoms with Gasteiger partial charge in [-0.05, 0) is 23.8 Å². The van der Waals surface area contributed by atoms with Gasteiger partial charge in [0.25, 0.3) is 0 Å². The van der Waals surface area contributed by atoms with Crippen molar-refractivity contribution in [1.82, 2.24) is 15.6 Å². The van der Waals surface area contributed by atoms with E-state index < -0.39 is 0 Å². The summed E-state index contributed by atoms with van der Waals surface area (Å²) >= 11 is 0. The van der Waals surface area contributed by atoms with Crippen LogP contribution in [0.25, 0.3) is 0 Å². The van der Waals surface area contributed by atoms with E-state index >= 15 is 0 Å². The average Bonchev–Trinajstić information content (AvgIpc) is 2.95. The topological polar surface area (TPSA) is 74.3 Å². The number of carbonyl (C=O) groups excluding carboxylic acids is 2. The van der Waals surface area contributed by atoms with Crippen molar-refractivity contribution in [3.05, 3.63) is 60.4 Å². The maximum absolute atomic E-state index is 12.1. The van der Waals surface area contributed by atoms with Gasteiger partial charge >= 0.3 is 6.03 Å². The van der Waals surface area contributed by atoms with Gasteiger partial charge < -0.3 is 15.5 Å². The highest BCUT2D eigenvalue weighted by molar-refractivity contribution is 5.96. The molecule has 1 atom stereocenters. The van der Waals surface area contributed by atoms with E-state index in [4.69, 9.17) is 0 Å². The van der Waals surface area contributed by atoms with E-state index in [-0.39, 0.29) is 18.0 Å². The second-order valence-corrected chi connectivity index (χ2v) is 5.43. The van der Waals surface area contributed by atoms with Gasteiger partial charge in [-0.1, -0.05) is 24.3 Å². The lowest BCUT2D eigenvalue weighted by Crippen LogP contribution is -2.43. The number of amides is 3. The van der Waals surface area contributed by atoms with E-state index in [2.05, 4.69) is 15.6 Å². The number of urea groups is 1. The number of rotatable bonds is 4. The van der Waals surface area contributed by atoms with Gasteiger partial charge in [-0.2, -0.15) is 0 Å². The molecule has 2 N–H and O–H groups in total. The van der Waals surface area contributed by atoms with Gasteiger partial charge in [0.05, 0.1) is 6.04 Å². The summed E-state index contributed by atoms with van der Waals surface area (Å²) in [4.78, 5) is 29.7. The fraction of sp³-hybridized carbons (Fsp3) is 0.235. The molecular formula is C17H18N4O2. The summed E-state index contributed by atoms with van der Waals surface area (Å²) in [5, 5.41) is 5.62. The Kier molecular flexibility index (Phi) is 4.52. The van der Waals surface area contributed by atoms with Crippen LogP contribution in [-0.2, 0) is 11.3 Å². The minimum Gasteiger partial charge on any atom is -0.334 e. The number of nitrogens with one attached hydrogen (secondary N) is 2. The molecule has 0 spiro atoms. The van der Waals surface area contributed by atoms with Gasteiger partial charge in [-0.25, -0.2) is 4.79 Å². The Labute approximate surface area is 134 Å². The fourth-order valence-corrected chi connectivity index (χ4v) is 2.58. The quantitative estimate of drug-likeness (QED) is 0.902. The zero-order chi connectivity index (χ0) is 16.1. The van der Waals surface area contributed by atoms with E-state index in [0.717, 1.165) is 11.3 Å². The first kappa shape index (κ1) is 15.0. The number of pyridine rings is 1. The highest BCUT2D eigenvalue weighted by Crippen LogP contribution is 2.20. The Hall–Kier alpha value is -2.89. The molecule has 3 amide bonds. The average molecular weight is 310 g/mol. The van der Waals surface area contributed by atoms with E-state index in [0.29, 0.717) is 19.5 Å². The van der Waals surface area contributed by atoms with Crippen molar-refractivity contribution < 1.29 is 9.59 Å². The third-order valence-electron chi connectivity index (χ3n) is 3.70. The molecule has 0 radical (unpaired) electrons. The number of carbonyl (C=O) groups is 2. The van der Waals surface area contributed by atoms with Crippen molar-refractivity contribution in [3.63, 3.8) is 0 Å². The van der Waals surface area contributed by atoms with E-state index in [1.807, 2.05) is 42.5 Å². The molecule has 6 heteroatoms. The second-order valence-electron chi connectivity index (χ2n) is 5.43. The smallest absolute Gasteiger partial charge is 0.315 e. The summed E-state index contributed by atoms with van der Waals surface area (Å²) in [6.07, 6.45) is 3.71. The number of hydrogen-bond acceptors (Lipinski definition) is 3. The summed E-state index contributed by atoms with van der Waals surface area (Å²) < 4.78 is 0. The van der Waals surface area contributed by atoms with Crippen molar-refractivity contribution in [3.8, 4) is 0 Å². The Morgan fingerprint density at radius 3 is 2.78 bits per heavy atom. The lowest BCUT2D eigenvalue weighted by atomic mass is 10.2. The largest absolute Gasteiger partial charge is 0.334 e. The van der Waals surface area contributed by atoms with Crippen molar-refractivity contribution in [2.75, 3.05) is 11.4 Å². The Morgan fingerprint density at radius 1 is 1.22 bits per heavy atom. The molecule has 0 aliphatic carbocycles. The zero-order valence-corrected chi connectivity index (χ0v) is 12.6. The highest BCUT2D eigenvalue weighted by Gasteiger charge is 2.31. The lowest BCUT2D eigenvalue weighted by Gasteiger charge is -2.17. The molecule has 3 rings (SSSR count). The molecule has 1 aliphatic heterocycles. The predicted molar refractivity (Wildman–Crippen MR) is 86.8 cm³/mol. The highest BCUT2D eigenvalue weighted by atomic mass is 16.2. The minimum atomic E-state index is -0.276. The van der Waals surface area contributed by atoms with E-state index in [1.54, 1.807) is 17.3 Å². The first-order chi connectivity index (χ1) is 11.2. The Bertz CT molecular complexity index is 676. The Morgan fingerprint density at radius 2 is 2.04 bits per heavy atom. The molecule has 2 aromatic rings. The summed E-state index contributed by atoms with van der Waals surface area (Å²) in [5.41, 5.74) is 1.79. The third kappa shape index (κ3) is 3.85. The lowest BCUT2D eigenvalue weighted by molar-refractivity contribution is -0.117. The molecule has 0 unspecified atom stereocenters. The molecule has 1 fully saturated rings. The standard InChI is InChI=1S/C17H18N4O2/c22-16-9-14(12-21(16)15-6-2-1-3-7-15)20-17(23)19-11-13-5-4-8-18-10-13/h1-8,10,14H,9,11-12H2,(H2,19,20,23)/t14-/m1/s1. The van der Waals surface area contributed by atoms with Crippen LogP contribution in [-0.4, -0.2) is 29.5 Å². The van der Waals surface area contributed by atoms with Crippen molar-refractivity contribution in [2.45, 2.75) is 19.0 Å². The first-order valence-corrected chi connectivity index (χ1v) is 7.51. The van der Waals surface area contributed by atoms with Gasteiger partial charge in [0, 0.05) is 37.6 Å². The maximum Gasteiger partial charge on any atom is 0.315 e. The summed E-state index contributed by atoms with van der Waals surface area (Å²) in [6.45, 7) is 0.895. The van der Waals surface area contributed by atoms with Crippen molar-refractivity contribution in [1.29, 1.82) is 0 Å². The Balaban J connectivity index is 1.51. The normalized spacial score (nSPS) is 17.1. The number of aromatic nitrogens is 1. The van der Waals surface area contributed by atoms with E-state index in [1.165, 1.54) is 0 Å². The monoisotopic (exact) mass is 310 g/mol. The van der Waals surface area contributed by atoms with Gasteiger partial charge in [0.2, 0.25) is 5.91 Å². The van der Waals surface area contributed by atoms with E-state index in [9.17, 15) is 9.59 Å². The zero-order valence-electron chi connectivity index (χ0n) is 12.6. The second kappa shape index (κ2) is 6.91. The number of nitrogens with zero attached hydrogens (tertiary/aromatic N) is 2. The van der Waals surface area contributed by atoms with Crippen LogP contribution in [0.5, 0.6) is 0 Å². The molecule has 1 aliphatic rings. The molecule has 1 aromatic carbocycles. The molecule has 1 saturated heterocycles. The maximum atomic E-state index is 12.1. The molecule has 0 saturated carbocycles. The van der Waals surface area contributed by atoms with Gasteiger partial charge in [0.15, 0.2) is 0 Å². The van der Waals surface area contributed by atoms with Crippen LogP contribution in [0.15, 0.2) is 54.9 Å². The number of hydrogen-bond donors (Lipinski definition) is 2. The molecule has 23 heavy (non-hydrogen) atoms. The summed E-state index contributed by atoms with van der Waals surface area (Å²) in [6, 6.07) is 12.7. The van der Waals surface area contributed by atoms with Crippen LogP contribution >= 0.6 is 0 Å². The summed E-state index contributed by atoms with van der Waals surface area (Å²) in [7, 11) is 0. The van der Waals surface area contributed by atoms with Crippen LogP contribution in [0.1, 0.15) is 12.0 Å². The molecule has 6 nitrogen and oxygen atoms in total. The summed E-state index contributed by atoms with van der Waals surface area (Å²) in [5.74, 6) is 0.0220. The third-order valence-corrected chi connectivity index (χ3v) is 3.70. The predicted octanol–water partition coefficient (Wildman–Crippen LogP) is 1.69. The first-order valence-electron chi connectivity index (χ1n) is 7.51. The molecule has 118 valence electrons. The number of para-hydroxylation sites is 1. The van der Waals surface area contributed by atoms with Gasteiger partial charge in [-0.15, -0.1) is 0 Å². The number of anilines is 1.